The van der Waals surface area contributed by atoms with Crippen LogP contribution in [0, 0.1) is 11.2 Å². The molecule has 1 fully saturated rings. The summed E-state index contributed by atoms with van der Waals surface area (Å²) in [5, 5.41) is 12.6. The monoisotopic (exact) mass is 375 g/mol. The predicted octanol–water partition coefficient (Wildman–Crippen LogP) is 3.17. The van der Waals surface area contributed by atoms with Gasteiger partial charge in [-0.1, -0.05) is 13.8 Å². The summed E-state index contributed by atoms with van der Waals surface area (Å²) in [5.41, 5.74) is -0.142. The van der Waals surface area contributed by atoms with Crippen LogP contribution >= 0.6 is 0 Å². The maximum Gasteiger partial charge on any atom is 0.341 e. The van der Waals surface area contributed by atoms with Crippen molar-refractivity contribution < 1.29 is 14.3 Å². The second-order valence-corrected chi connectivity index (χ2v) is 8.42. The van der Waals surface area contributed by atoms with Crippen LogP contribution in [0.5, 0.6) is 0 Å². The molecule has 0 radical (unpaired) electrons. The molecule has 2 aromatic rings. The Bertz CT molecular complexity index is 946. The number of carboxylic acids is 1. The van der Waals surface area contributed by atoms with Gasteiger partial charge in [-0.25, -0.2) is 9.18 Å². The number of aromatic carboxylic acids is 1. The molecule has 0 spiro atoms. The third-order valence-electron chi connectivity index (χ3n) is 4.79. The van der Waals surface area contributed by atoms with E-state index < -0.39 is 17.2 Å². The van der Waals surface area contributed by atoms with Crippen LogP contribution in [0.25, 0.3) is 10.9 Å². The third-order valence-corrected chi connectivity index (χ3v) is 4.79. The lowest BCUT2D eigenvalue weighted by atomic mass is 9.93. The molecule has 3 rings (SSSR count). The number of hydrogen-bond donors (Lipinski definition) is 2. The zero-order valence-corrected chi connectivity index (χ0v) is 16.2. The summed E-state index contributed by atoms with van der Waals surface area (Å²) < 4.78 is 16.5. The number of halogens is 1. The molecule has 0 aliphatic heterocycles. The number of anilines is 1. The molecule has 0 unspecified atom stereocenters. The molecule has 0 saturated heterocycles. The highest BCUT2D eigenvalue weighted by atomic mass is 19.1. The van der Waals surface area contributed by atoms with E-state index in [1.54, 1.807) is 10.6 Å². The lowest BCUT2D eigenvalue weighted by Gasteiger charge is -2.29. The number of fused-ring (bicyclic) bond motifs is 1. The van der Waals surface area contributed by atoms with E-state index in [2.05, 4.69) is 24.1 Å². The van der Waals surface area contributed by atoms with Gasteiger partial charge in [0, 0.05) is 30.7 Å². The van der Waals surface area contributed by atoms with E-state index in [1.807, 2.05) is 14.1 Å². The molecule has 0 amide bonds. The maximum atomic E-state index is 14.7. The highest BCUT2D eigenvalue weighted by Crippen LogP contribution is 2.37. The fourth-order valence-electron chi connectivity index (χ4n) is 3.56. The summed E-state index contributed by atoms with van der Waals surface area (Å²) in [5.74, 6) is -1.84. The van der Waals surface area contributed by atoms with Gasteiger partial charge in [0.1, 0.15) is 11.4 Å². The summed E-state index contributed by atoms with van der Waals surface area (Å²) in [4.78, 5) is 26.0. The number of hydrogen-bond acceptors (Lipinski definition) is 4. The van der Waals surface area contributed by atoms with Crippen molar-refractivity contribution in [2.45, 2.75) is 32.7 Å². The molecule has 1 aromatic carbocycles. The molecule has 146 valence electrons. The number of carboxylic acid groups (broad SMARTS) is 1. The summed E-state index contributed by atoms with van der Waals surface area (Å²) in [6.07, 6.45) is 3.24. The van der Waals surface area contributed by atoms with Crippen LogP contribution in [-0.2, 0) is 0 Å². The molecule has 1 aromatic heterocycles. The van der Waals surface area contributed by atoms with Gasteiger partial charge in [-0.2, -0.15) is 0 Å². The number of aromatic nitrogens is 1. The van der Waals surface area contributed by atoms with E-state index in [0.717, 1.165) is 25.5 Å². The van der Waals surface area contributed by atoms with Gasteiger partial charge in [0.2, 0.25) is 5.43 Å². The van der Waals surface area contributed by atoms with Gasteiger partial charge < -0.3 is 19.9 Å². The van der Waals surface area contributed by atoms with Gasteiger partial charge in [-0.05, 0) is 44.5 Å². The largest absolute Gasteiger partial charge is 0.477 e. The number of pyridine rings is 1. The highest BCUT2D eigenvalue weighted by Gasteiger charge is 2.27. The second-order valence-electron chi connectivity index (χ2n) is 8.42. The molecule has 1 aliphatic rings. The molecule has 6 nitrogen and oxygen atoms in total. The summed E-state index contributed by atoms with van der Waals surface area (Å²) in [6, 6.07) is 2.95. The van der Waals surface area contributed by atoms with Crippen molar-refractivity contribution in [3.8, 4) is 0 Å². The standard InChI is InChI=1S/C20H26FN3O3/c1-20(2,11-23(3)4)10-22-16-8-17-13(7-15(16)21)18(25)14(19(26)27)9-24(17)12-5-6-12/h7-9,12,22H,5-6,10-11H2,1-4H3,(H,26,27). The quantitative estimate of drug-likeness (QED) is 0.778. The molecule has 27 heavy (non-hydrogen) atoms. The maximum absolute atomic E-state index is 14.7. The minimum absolute atomic E-state index is 0.0752. The fourth-order valence-corrected chi connectivity index (χ4v) is 3.56. The van der Waals surface area contributed by atoms with Crippen LogP contribution < -0.4 is 10.7 Å². The van der Waals surface area contributed by atoms with Crippen LogP contribution in [0.3, 0.4) is 0 Å². The Labute approximate surface area is 157 Å². The Kier molecular flexibility index (Phi) is 4.99. The zero-order valence-electron chi connectivity index (χ0n) is 16.2. The fraction of sp³-hybridized carbons (Fsp3) is 0.500. The Hall–Kier alpha value is -2.41. The van der Waals surface area contributed by atoms with Crippen molar-refractivity contribution in [1.29, 1.82) is 0 Å². The van der Waals surface area contributed by atoms with Gasteiger partial charge in [0.05, 0.1) is 11.2 Å². The normalized spacial score (nSPS) is 14.7. The number of rotatable bonds is 7. The number of nitrogens with zero attached hydrogens (tertiary/aromatic N) is 2. The summed E-state index contributed by atoms with van der Waals surface area (Å²) >= 11 is 0. The van der Waals surface area contributed by atoms with Crippen LogP contribution in [0.1, 0.15) is 43.1 Å². The molecule has 7 heteroatoms. The Morgan fingerprint density at radius 3 is 2.59 bits per heavy atom. The number of benzene rings is 1. The van der Waals surface area contributed by atoms with Gasteiger partial charge in [0.25, 0.3) is 0 Å². The molecule has 1 aliphatic carbocycles. The summed E-state index contributed by atoms with van der Waals surface area (Å²) in [6.45, 7) is 5.59. The van der Waals surface area contributed by atoms with Gasteiger partial charge in [0.15, 0.2) is 0 Å². The van der Waals surface area contributed by atoms with E-state index in [9.17, 15) is 19.1 Å². The molecule has 0 bridgehead atoms. The number of carbonyl (C=O) groups is 1. The first-order chi connectivity index (χ1) is 12.6. The minimum atomic E-state index is -1.29. The Morgan fingerprint density at radius 1 is 1.37 bits per heavy atom. The lowest BCUT2D eigenvalue weighted by Crippen LogP contribution is -2.34. The van der Waals surface area contributed by atoms with Crippen LogP contribution in [0.2, 0.25) is 0 Å². The minimum Gasteiger partial charge on any atom is -0.477 e. The zero-order chi connectivity index (χ0) is 19.9. The lowest BCUT2D eigenvalue weighted by molar-refractivity contribution is 0.0695. The Balaban J connectivity index is 2.03. The smallest absolute Gasteiger partial charge is 0.341 e. The van der Waals surface area contributed by atoms with Crippen molar-refractivity contribution >= 4 is 22.6 Å². The molecular weight excluding hydrogens is 349 g/mol. The second kappa shape index (κ2) is 6.96. The predicted molar refractivity (Wildman–Crippen MR) is 104 cm³/mol. The molecule has 0 atom stereocenters. The summed E-state index contributed by atoms with van der Waals surface area (Å²) in [7, 11) is 3.99. The molecule has 1 saturated carbocycles. The van der Waals surface area contributed by atoms with E-state index >= 15 is 0 Å². The van der Waals surface area contributed by atoms with Crippen LogP contribution in [-0.4, -0.2) is 47.7 Å². The van der Waals surface area contributed by atoms with Crippen LogP contribution in [0.4, 0.5) is 10.1 Å². The van der Waals surface area contributed by atoms with E-state index in [-0.39, 0.29) is 22.4 Å². The first-order valence-corrected chi connectivity index (χ1v) is 9.09. The van der Waals surface area contributed by atoms with Gasteiger partial charge in [-0.3, -0.25) is 4.79 Å². The van der Waals surface area contributed by atoms with Crippen molar-refractivity contribution in [3.63, 3.8) is 0 Å². The van der Waals surface area contributed by atoms with Crippen molar-refractivity contribution in [3.05, 3.63) is 39.9 Å². The topological polar surface area (TPSA) is 74.6 Å². The van der Waals surface area contributed by atoms with Crippen molar-refractivity contribution in [2.75, 3.05) is 32.5 Å². The SMILES string of the molecule is CN(C)CC(C)(C)CNc1cc2c(cc1F)c(=O)c(C(=O)O)cn2C1CC1. The van der Waals surface area contributed by atoms with Crippen molar-refractivity contribution in [2.24, 2.45) is 5.41 Å². The average Bonchev–Trinajstić information content (AvgIpc) is 3.37. The first kappa shape index (κ1) is 19.4. The van der Waals surface area contributed by atoms with Gasteiger partial charge in [-0.15, -0.1) is 0 Å². The Morgan fingerprint density at radius 2 is 2.04 bits per heavy atom. The third kappa shape index (κ3) is 4.13. The van der Waals surface area contributed by atoms with Crippen molar-refractivity contribution in [1.82, 2.24) is 9.47 Å². The average molecular weight is 375 g/mol. The van der Waals surface area contributed by atoms with E-state index in [1.165, 1.54) is 6.20 Å². The van der Waals surface area contributed by atoms with E-state index in [4.69, 9.17) is 0 Å². The van der Waals surface area contributed by atoms with Crippen LogP contribution in [0.15, 0.2) is 23.1 Å². The van der Waals surface area contributed by atoms with Gasteiger partial charge >= 0.3 is 5.97 Å². The molecule has 1 heterocycles. The highest BCUT2D eigenvalue weighted by molar-refractivity contribution is 5.93. The number of nitrogens with one attached hydrogen (secondary N) is 1. The molecule has 2 N–H and O–H groups in total. The first-order valence-electron chi connectivity index (χ1n) is 9.09. The molecular formula is C20H26FN3O3. The van der Waals surface area contributed by atoms with E-state index in [0.29, 0.717) is 17.7 Å².